The molecule has 3 rings (SSSR count). The molecule has 6 nitrogen and oxygen atoms in total. The van der Waals surface area contributed by atoms with Crippen molar-refractivity contribution in [2.45, 2.75) is 6.73 Å². The minimum atomic E-state index is -0.346. The number of benzene rings is 1. The third-order valence-electron chi connectivity index (χ3n) is 3.03. The Bertz CT molecular complexity index is 851. The third kappa shape index (κ3) is 4.12. The highest BCUT2D eigenvalue weighted by molar-refractivity contribution is 9.10. The van der Waals surface area contributed by atoms with E-state index in [-0.39, 0.29) is 18.3 Å². The smallest absolute Gasteiger partial charge is 0.277 e. The van der Waals surface area contributed by atoms with Crippen LogP contribution in [0.1, 0.15) is 10.5 Å². The summed E-state index contributed by atoms with van der Waals surface area (Å²) < 4.78 is 7.91. The van der Waals surface area contributed by atoms with Crippen LogP contribution in [0.25, 0.3) is 0 Å². The molecular formula is C16H12BrClN4O2. The molecule has 8 heteroatoms. The summed E-state index contributed by atoms with van der Waals surface area (Å²) in [6.45, 7) is 0.146. The van der Waals surface area contributed by atoms with Crippen molar-refractivity contribution in [1.29, 1.82) is 0 Å². The fraction of sp³-hybridized carbons (Fsp3) is 0.0625. The Balaban J connectivity index is 1.61. The fourth-order valence-corrected chi connectivity index (χ4v) is 2.31. The van der Waals surface area contributed by atoms with E-state index in [0.29, 0.717) is 16.6 Å². The Morgan fingerprint density at radius 2 is 2.08 bits per heavy atom. The van der Waals surface area contributed by atoms with Gasteiger partial charge in [0.25, 0.3) is 5.91 Å². The van der Waals surface area contributed by atoms with Crippen LogP contribution in [0, 0.1) is 0 Å². The number of hydrogen-bond donors (Lipinski definition) is 1. The van der Waals surface area contributed by atoms with Gasteiger partial charge in [-0.15, -0.1) is 0 Å². The summed E-state index contributed by atoms with van der Waals surface area (Å²) in [6.07, 6.45) is 3.26. The zero-order chi connectivity index (χ0) is 16.9. The number of amides is 1. The maximum Gasteiger partial charge on any atom is 0.277 e. The zero-order valence-electron chi connectivity index (χ0n) is 12.3. The normalized spacial score (nSPS) is 10.4. The van der Waals surface area contributed by atoms with Gasteiger partial charge in [-0.1, -0.05) is 23.7 Å². The molecule has 0 saturated heterocycles. The Morgan fingerprint density at radius 1 is 1.25 bits per heavy atom. The quantitative estimate of drug-likeness (QED) is 0.694. The Hall–Kier alpha value is -2.38. The van der Waals surface area contributed by atoms with Gasteiger partial charge >= 0.3 is 0 Å². The highest BCUT2D eigenvalue weighted by Crippen LogP contribution is 2.23. The van der Waals surface area contributed by atoms with Crippen LogP contribution in [0.15, 0.2) is 59.3 Å². The van der Waals surface area contributed by atoms with Gasteiger partial charge in [0.1, 0.15) is 11.6 Å². The zero-order valence-corrected chi connectivity index (χ0v) is 14.7. The van der Waals surface area contributed by atoms with Crippen LogP contribution in [-0.2, 0) is 6.73 Å². The number of hydrogen-bond acceptors (Lipinski definition) is 4. The molecule has 0 aliphatic carbocycles. The number of ether oxygens (including phenoxy) is 1. The standard InChI is InChI=1S/C16H12BrClN4O2/c17-11-5-6-15(19-9-11)20-16(23)13-7-8-22(21-13)10-24-14-4-2-1-3-12(14)18/h1-9H,10H2,(H,19,20,23). The number of aromatic nitrogens is 3. The SMILES string of the molecule is O=C(Nc1ccc(Br)cn1)c1ccn(COc2ccccc2Cl)n1. The van der Waals surface area contributed by atoms with E-state index in [2.05, 4.69) is 31.3 Å². The molecule has 0 fully saturated rings. The number of anilines is 1. The maximum absolute atomic E-state index is 12.1. The summed E-state index contributed by atoms with van der Waals surface area (Å²) in [5, 5.41) is 7.36. The monoisotopic (exact) mass is 406 g/mol. The van der Waals surface area contributed by atoms with Crippen molar-refractivity contribution < 1.29 is 9.53 Å². The number of para-hydroxylation sites is 1. The van der Waals surface area contributed by atoms with Crippen molar-refractivity contribution in [3.05, 3.63) is 70.0 Å². The van der Waals surface area contributed by atoms with E-state index < -0.39 is 0 Å². The predicted molar refractivity (Wildman–Crippen MR) is 94.2 cm³/mol. The Labute approximate surface area is 151 Å². The summed E-state index contributed by atoms with van der Waals surface area (Å²) in [4.78, 5) is 16.2. The van der Waals surface area contributed by atoms with Gasteiger partial charge < -0.3 is 10.1 Å². The van der Waals surface area contributed by atoms with Crippen molar-refractivity contribution in [2.24, 2.45) is 0 Å². The third-order valence-corrected chi connectivity index (χ3v) is 3.81. The number of carbonyl (C=O) groups excluding carboxylic acids is 1. The van der Waals surface area contributed by atoms with Gasteiger partial charge in [0.05, 0.1) is 5.02 Å². The van der Waals surface area contributed by atoms with Gasteiger partial charge in [0.2, 0.25) is 0 Å². The van der Waals surface area contributed by atoms with Gasteiger partial charge in [-0.05, 0) is 46.3 Å². The summed E-state index contributed by atoms with van der Waals surface area (Å²) in [7, 11) is 0. The summed E-state index contributed by atoms with van der Waals surface area (Å²) >= 11 is 9.31. The van der Waals surface area contributed by atoms with Gasteiger partial charge in [-0.25, -0.2) is 9.67 Å². The molecule has 1 N–H and O–H groups in total. The second-order valence-corrected chi connectivity index (χ2v) is 6.08. The second-order valence-electron chi connectivity index (χ2n) is 4.76. The molecule has 3 aromatic rings. The van der Waals surface area contributed by atoms with Crippen molar-refractivity contribution >= 4 is 39.3 Å². The molecule has 0 aliphatic rings. The summed E-state index contributed by atoms with van der Waals surface area (Å²) in [5.74, 6) is 0.658. The molecule has 0 saturated carbocycles. The van der Waals surface area contributed by atoms with Gasteiger partial charge in [0, 0.05) is 16.9 Å². The van der Waals surface area contributed by atoms with E-state index >= 15 is 0 Å². The largest absolute Gasteiger partial charge is 0.470 e. The van der Waals surface area contributed by atoms with Crippen LogP contribution >= 0.6 is 27.5 Å². The van der Waals surface area contributed by atoms with Crippen molar-refractivity contribution in [1.82, 2.24) is 14.8 Å². The lowest BCUT2D eigenvalue weighted by Crippen LogP contribution is -2.15. The van der Waals surface area contributed by atoms with Gasteiger partial charge in [-0.3, -0.25) is 4.79 Å². The van der Waals surface area contributed by atoms with E-state index in [1.54, 1.807) is 42.7 Å². The molecule has 0 unspecified atom stereocenters. The van der Waals surface area contributed by atoms with Crippen molar-refractivity contribution in [3.63, 3.8) is 0 Å². The van der Waals surface area contributed by atoms with E-state index in [0.717, 1.165) is 4.47 Å². The average Bonchev–Trinajstić information content (AvgIpc) is 3.05. The molecule has 2 aromatic heterocycles. The van der Waals surface area contributed by atoms with Crippen LogP contribution in [0.4, 0.5) is 5.82 Å². The molecule has 1 aromatic carbocycles. The molecular weight excluding hydrogens is 396 g/mol. The molecule has 1 amide bonds. The topological polar surface area (TPSA) is 69.0 Å². The molecule has 0 bridgehead atoms. The van der Waals surface area contributed by atoms with Crippen LogP contribution < -0.4 is 10.1 Å². The first-order valence-electron chi connectivity index (χ1n) is 6.95. The number of carbonyl (C=O) groups is 1. The minimum absolute atomic E-state index is 0.146. The van der Waals surface area contributed by atoms with Crippen LogP contribution in [0.2, 0.25) is 5.02 Å². The summed E-state index contributed by atoms with van der Waals surface area (Å²) in [6, 6.07) is 12.2. The lowest BCUT2D eigenvalue weighted by Gasteiger charge is -2.07. The molecule has 122 valence electrons. The molecule has 0 atom stereocenters. The van der Waals surface area contributed by atoms with E-state index in [9.17, 15) is 4.79 Å². The van der Waals surface area contributed by atoms with E-state index in [1.807, 2.05) is 12.1 Å². The Morgan fingerprint density at radius 3 is 2.83 bits per heavy atom. The minimum Gasteiger partial charge on any atom is -0.470 e. The first kappa shape index (κ1) is 16.5. The highest BCUT2D eigenvalue weighted by Gasteiger charge is 2.11. The molecule has 0 radical (unpaired) electrons. The van der Waals surface area contributed by atoms with E-state index in [4.69, 9.17) is 16.3 Å². The Kier molecular flexibility index (Phi) is 5.12. The second kappa shape index (κ2) is 7.46. The number of pyridine rings is 1. The summed E-state index contributed by atoms with van der Waals surface area (Å²) in [5.41, 5.74) is 0.266. The van der Waals surface area contributed by atoms with Gasteiger partial charge in [0.15, 0.2) is 12.4 Å². The molecule has 0 spiro atoms. The first-order chi connectivity index (χ1) is 11.6. The van der Waals surface area contributed by atoms with Crippen molar-refractivity contribution in [3.8, 4) is 5.75 Å². The highest BCUT2D eigenvalue weighted by atomic mass is 79.9. The van der Waals surface area contributed by atoms with Crippen LogP contribution in [0.3, 0.4) is 0 Å². The predicted octanol–water partition coefficient (Wildman–Crippen LogP) is 3.98. The lowest BCUT2D eigenvalue weighted by atomic mass is 10.3. The average molecular weight is 408 g/mol. The fourth-order valence-electron chi connectivity index (χ4n) is 1.88. The molecule has 24 heavy (non-hydrogen) atoms. The van der Waals surface area contributed by atoms with Crippen molar-refractivity contribution in [2.75, 3.05) is 5.32 Å². The molecule has 2 heterocycles. The number of nitrogens with zero attached hydrogens (tertiary/aromatic N) is 3. The maximum atomic E-state index is 12.1. The lowest BCUT2D eigenvalue weighted by molar-refractivity contribution is 0.102. The van der Waals surface area contributed by atoms with Crippen LogP contribution in [-0.4, -0.2) is 20.7 Å². The van der Waals surface area contributed by atoms with Crippen LogP contribution in [0.5, 0.6) is 5.75 Å². The van der Waals surface area contributed by atoms with Gasteiger partial charge in [-0.2, -0.15) is 5.10 Å². The molecule has 0 aliphatic heterocycles. The van der Waals surface area contributed by atoms with E-state index in [1.165, 1.54) is 4.68 Å². The number of rotatable bonds is 5. The number of halogens is 2. The number of nitrogens with one attached hydrogen (secondary N) is 1. The first-order valence-corrected chi connectivity index (χ1v) is 8.12.